The highest BCUT2D eigenvalue weighted by atomic mass is 35.5. The Morgan fingerprint density at radius 1 is 1.13 bits per heavy atom. The maximum atomic E-state index is 13.0. The van der Waals surface area contributed by atoms with E-state index >= 15 is 0 Å². The van der Waals surface area contributed by atoms with Gasteiger partial charge in [-0.15, -0.1) is 0 Å². The number of rotatable bonds is 4. The zero-order valence-corrected chi connectivity index (χ0v) is 16.6. The lowest BCUT2D eigenvalue weighted by molar-refractivity contribution is -0.138. The number of amides is 1. The van der Waals surface area contributed by atoms with Gasteiger partial charge in [-0.1, -0.05) is 35.9 Å². The second-order valence-corrected chi connectivity index (χ2v) is 6.97. The number of anilines is 2. The fourth-order valence-electron chi connectivity index (χ4n) is 2.79. The van der Waals surface area contributed by atoms with Crippen molar-refractivity contribution in [3.63, 3.8) is 0 Å². The summed E-state index contributed by atoms with van der Waals surface area (Å²) in [4.78, 5) is 16.2. The van der Waals surface area contributed by atoms with Crippen LogP contribution in [0.25, 0.3) is 17.2 Å². The molecule has 0 atom stereocenters. The van der Waals surface area contributed by atoms with Gasteiger partial charge < -0.3 is 11.1 Å². The van der Waals surface area contributed by atoms with Crippen molar-refractivity contribution in [2.75, 3.05) is 11.1 Å². The molecule has 154 valence electrons. The number of nitrogen functional groups attached to an aromatic ring is 1. The maximum absolute atomic E-state index is 13.0. The number of nitrogens with one attached hydrogen (secondary N) is 1. The molecule has 0 aliphatic heterocycles. The van der Waals surface area contributed by atoms with Gasteiger partial charge in [0.25, 0.3) is 0 Å². The molecule has 0 aliphatic carbocycles. The van der Waals surface area contributed by atoms with Crippen LogP contribution in [-0.4, -0.2) is 10.9 Å². The van der Waals surface area contributed by atoms with Gasteiger partial charge >= 0.3 is 6.18 Å². The molecule has 1 heterocycles. The molecule has 0 unspecified atom stereocenters. The molecule has 0 bridgehead atoms. The number of nitrogens with two attached hydrogens (primary N) is 1. The minimum absolute atomic E-state index is 0.0684. The first kappa shape index (κ1) is 21.4. The zero-order chi connectivity index (χ0) is 21.9. The zero-order valence-electron chi connectivity index (χ0n) is 15.8. The second-order valence-electron chi connectivity index (χ2n) is 6.57. The number of aryl methyl sites for hydroxylation is 1. The quantitative estimate of drug-likeness (QED) is 0.500. The van der Waals surface area contributed by atoms with Crippen molar-refractivity contribution in [3.8, 4) is 11.1 Å². The molecule has 1 aromatic heterocycles. The molecule has 30 heavy (non-hydrogen) atoms. The predicted octanol–water partition coefficient (Wildman–Crippen LogP) is 5.96. The first-order chi connectivity index (χ1) is 14.1. The predicted molar refractivity (Wildman–Crippen MR) is 113 cm³/mol. The number of hydrogen-bond donors (Lipinski definition) is 2. The Balaban J connectivity index is 1.75. The summed E-state index contributed by atoms with van der Waals surface area (Å²) in [5.41, 5.74) is 7.29. The van der Waals surface area contributed by atoms with Crippen LogP contribution in [0.5, 0.6) is 0 Å². The van der Waals surface area contributed by atoms with E-state index in [1.165, 1.54) is 25.1 Å². The second kappa shape index (κ2) is 8.59. The molecule has 0 radical (unpaired) electrons. The summed E-state index contributed by atoms with van der Waals surface area (Å²) in [6.07, 6.45) is -0.0855. The SMILES string of the molecule is Cc1ccc(NC(=O)C=Cc2cccc(-c3cnc(N)c(Cl)c3)c2)cc1C(F)(F)F. The normalized spacial score (nSPS) is 11.6. The van der Waals surface area contributed by atoms with Crippen LogP contribution in [0, 0.1) is 6.92 Å². The van der Waals surface area contributed by atoms with Gasteiger partial charge in [-0.05, 0) is 54.0 Å². The average molecular weight is 432 g/mol. The lowest BCUT2D eigenvalue weighted by atomic mass is 10.0. The van der Waals surface area contributed by atoms with Crippen LogP contribution in [0.3, 0.4) is 0 Å². The number of nitrogens with zero attached hydrogens (tertiary/aromatic N) is 1. The molecule has 8 heteroatoms. The molecule has 0 aliphatic rings. The Morgan fingerprint density at radius 2 is 1.90 bits per heavy atom. The maximum Gasteiger partial charge on any atom is 0.416 e. The summed E-state index contributed by atoms with van der Waals surface area (Å²) in [7, 11) is 0. The third-order valence-electron chi connectivity index (χ3n) is 4.33. The molecular weight excluding hydrogens is 415 g/mol. The summed E-state index contributed by atoms with van der Waals surface area (Å²) in [5, 5.41) is 2.78. The number of hydrogen-bond acceptors (Lipinski definition) is 3. The highest BCUT2D eigenvalue weighted by molar-refractivity contribution is 6.33. The average Bonchev–Trinajstić information content (AvgIpc) is 2.69. The van der Waals surface area contributed by atoms with Crippen molar-refractivity contribution < 1.29 is 18.0 Å². The lowest BCUT2D eigenvalue weighted by Gasteiger charge is -2.12. The molecule has 1 amide bonds. The van der Waals surface area contributed by atoms with Crippen LogP contribution in [-0.2, 0) is 11.0 Å². The number of carbonyl (C=O) groups excluding carboxylic acids is 1. The fourth-order valence-corrected chi connectivity index (χ4v) is 2.96. The van der Waals surface area contributed by atoms with E-state index in [9.17, 15) is 18.0 Å². The van der Waals surface area contributed by atoms with E-state index in [4.69, 9.17) is 17.3 Å². The van der Waals surface area contributed by atoms with Crippen molar-refractivity contribution in [2.24, 2.45) is 0 Å². The Bertz CT molecular complexity index is 1130. The number of alkyl halides is 3. The molecule has 0 saturated heterocycles. The molecule has 3 rings (SSSR count). The Hall–Kier alpha value is -3.32. The number of carbonyl (C=O) groups is 1. The molecule has 3 N–H and O–H groups in total. The summed E-state index contributed by atoms with van der Waals surface area (Å²) in [6.45, 7) is 1.37. The highest BCUT2D eigenvalue weighted by Gasteiger charge is 2.32. The molecule has 0 fully saturated rings. The van der Waals surface area contributed by atoms with Gasteiger partial charge in [0.2, 0.25) is 5.91 Å². The van der Waals surface area contributed by atoms with E-state index in [-0.39, 0.29) is 17.1 Å². The van der Waals surface area contributed by atoms with Crippen molar-refractivity contribution in [1.29, 1.82) is 0 Å². The first-order valence-corrected chi connectivity index (χ1v) is 9.19. The van der Waals surface area contributed by atoms with Gasteiger partial charge in [-0.25, -0.2) is 4.98 Å². The summed E-state index contributed by atoms with van der Waals surface area (Å²) in [5.74, 6) is -0.312. The van der Waals surface area contributed by atoms with E-state index in [1.54, 1.807) is 30.5 Å². The van der Waals surface area contributed by atoms with Gasteiger partial charge in [-0.3, -0.25) is 4.79 Å². The first-order valence-electron chi connectivity index (χ1n) is 8.82. The van der Waals surface area contributed by atoms with Crippen LogP contribution >= 0.6 is 11.6 Å². The van der Waals surface area contributed by atoms with Crippen LogP contribution in [0.2, 0.25) is 5.02 Å². The highest BCUT2D eigenvalue weighted by Crippen LogP contribution is 2.33. The summed E-state index contributed by atoms with van der Waals surface area (Å²) < 4.78 is 39.0. The van der Waals surface area contributed by atoms with Gasteiger partial charge in [0.15, 0.2) is 0 Å². The minimum Gasteiger partial charge on any atom is -0.382 e. The van der Waals surface area contributed by atoms with E-state index in [1.807, 2.05) is 12.1 Å². The minimum atomic E-state index is -4.49. The molecule has 4 nitrogen and oxygen atoms in total. The summed E-state index contributed by atoms with van der Waals surface area (Å²) in [6, 6.07) is 12.6. The topological polar surface area (TPSA) is 68.0 Å². The fraction of sp³-hybridized carbons (Fsp3) is 0.0909. The number of benzene rings is 2. The molecule has 0 saturated carbocycles. The largest absolute Gasteiger partial charge is 0.416 e. The Morgan fingerprint density at radius 3 is 2.60 bits per heavy atom. The third-order valence-corrected chi connectivity index (χ3v) is 4.63. The molecule has 0 spiro atoms. The summed E-state index contributed by atoms with van der Waals surface area (Å²) >= 11 is 6.01. The standard InChI is InChI=1S/C22H17ClF3N3O/c1-13-5-7-17(11-18(13)22(24,25)26)29-20(30)8-6-14-3-2-4-15(9-14)16-10-19(23)21(27)28-12-16/h2-12H,1H3,(H2,27,28)(H,29,30). The van der Waals surface area contributed by atoms with Crippen molar-refractivity contribution in [1.82, 2.24) is 4.98 Å². The number of halogens is 4. The van der Waals surface area contributed by atoms with Crippen LogP contribution in [0.15, 0.2) is 60.8 Å². The number of pyridine rings is 1. The smallest absolute Gasteiger partial charge is 0.382 e. The van der Waals surface area contributed by atoms with Crippen molar-refractivity contribution in [3.05, 3.63) is 82.5 Å². The third kappa shape index (κ3) is 5.18. The van der Waals surface area contributed by atoms with Gasteiger partial charge in [0, 0.05) is 23.5 Å². The van der Waals surface area contributed by atoms with E-state index < -0.39 is 17.6 Å². The Labute approximate surface area is 176 Å². The van der Waals surface area contributed by atoms with Crippen molar-refractivity contribution in [2.45, 2.75) is 13.1 Å². The van der Waals surface area contributed by atoms with E-state index in [0.29, 0.717) is 5.02 Å². The molecular formula is C22H17ClF3N3O. The molecule has 2 aromatic carbocycles. The van der Waals surface area contributed by atoms with E-state index in [0.717, 1.165) is 22.8 Å². The lowest BCUT2D eigenvalue weighted by Crippen LogP contribution is -2.11. The number of aromatic nitrogens is 1. The van der Waals surface area contributed by atoms with Crippen LogP contribution in [0.4, 0.5) is 24.7 Å². The molecule has 3 aromatic rings. The van der Waals surface area contributed by atoms with Gasteiger partial charge in [0.1, 0.15) is 5.82 Å². The van der Waals surface area contributed by atoms with Crippen LogP contribution < -0.4 is 11.1 Å². The van der Waals surface area contributed by atoms with Crippen LogP contribution in [0.1, 0.15) is 16.7 Å². The van der Waals surface area contributed by atoms with Gasteiger partial charge in [-0.2, -0.15) is 13.2 Å². The van der Waals surface area contributed by atoms with Crippen molar-refractivity contribution >= 4 is 35.1 Å². The van der Waals surface area contributed by atoms with Gasteiger partial charge in [0.05, 0.1) is 10.6 Å². The monoisotopic (exact) mass is 431 g/mol. The Kier molecular flexibility index (Phi) is 6.12. The van der Waals surface area contributed by atoms with E-state index in [2.05, 4.69) is 10.3 Å².